The summed E-state index contributed by atoms with van der Waals surface area (Å²) in [5.74, 6) is 0.215. The van der Waals surface area contributed by atoms with E-state index in [0.29, 0.717) is 12.2 Å². The Labute approximate surface area is 127 Å². The largest absolute Gasteiger partial charge is 0.506 e. The Morgan fingerprint density at radius 1 is 0.952 bits per heavy atom. The van der Waals surface area contributed by atoms with E-state index in [-0.39, 0.29) is 18.0 Å². The summed E-state index contributed by atoms with van der Waals surface area (Å²) >= 11 is 0. The smallest absolute Gasteiger partial charge is 0.140 e. The maximum absolute atomic E-state index is 9.95. The van der Waals surface area contributed by atoms with Gasteiger partial charge in [0.05, 0.1) is 17.9 Å². The van der Waals surface area contributed by atoms with Gasteiger partial charge in [0.15, 0.2) is 0 Å². The van der Waals surface area contributed by atoms with Crippen LogP contribution in [-0.2, 0) is 0 Å². The van der Waals surface area contributed by atoms with Crippen LogP contribution in [0.2, 0.25) is 0 Å². The standard InChI is InChI=1S/C16H28N2O3/c1-12(19)6-4-10-17-14-8-3-9-15(21)16(14)18-11-5-7-13(2)20/h3,8-9,12-13,17-21H,4-7,10-11H2,1-2H3. The van der Waals surface area contributed by atoms with E-state index in [9.17, 15) is 15.3 Å². The molecule has 1 aromatic carbocycles. The highest BCUT2D eigenvalue weighted by Crippen LogP contribution is 2.31. The van der Waals surface area contributed by atoms with Crippen molar-refractivity contribution in [1.82, 2.24) is 0 Å². The Morgan fingerprint density at radius 3 is 2.10 bits per heavy atom. The first kappa shape index (κ1) is 17.6. The SMILES string of the molecule is CC(O)CCCNc1cccc(O)c1NCCCC(C)O. The number of aliphatic hydroxyl groups is 2. The van der Waals surface area contributed by atoms with E-state index in [1.165, 1.54) is 0 Å². The summed E-state index contributed by atoms with van der Waals surface area (Å²) in [6.45, 7) is 5.00. The second-order valence-corrected chi connectivity index (χ2v) is 5.54. The van der Waals surface area contributed by atoms with Gasteiger partial charge in [0, 0.05) is 13.1 Å². The van der Waals surface area contributed by atoms with Gasteiger partial charge in [-0.2, -0.15) is 0 Å². The molecule has 120 valence electrons. The lowest BCUT2D eigenvalue weighted by Crippen LogP contribution is -2.10. The summed E-state index contributed by atoms with van der Waals surface area (Å²) in [4.78, 5) is 0. The van der Waals surface area contributed by atoms with Crippen LogP contribution in [0.4, 0.5) is 11.4 Å². The Morgan fingerprint density at radius 2 is 1.52 bits per heavy atom. The highest BCUT2D eigenvalue weighted by molar-refractivity contribution is 5.75. The number of benzene rings is 1. The molecule has 0 heterocycles. The fourth-order valence-electron chi connectivity index (χ4n) is 2.10. The molecule has 0 aliphatic rings. The van der Waals surface area contributed by atoms with E-state index < -0.39 is 0 Å². The van der Waals surface area contributed by atoms with Gasteiger partial charge in [0.2, 0.25) is 0 Å². The molecule has 21 heavy (non-hydrogen) atoms. The lowest BCUT2D eigenvalue weighted by atomic mass is 10.2. The normalized spacial score (nSPS) is 13.7. The molecule has 2 unspecified atom stereocenters. The Bertz CT molecular complexity index is 409. The van der Waals surface area contributed by atoms with Gasteiger partial charge < -0.3 is 26.0 Å². The van der Waals surface area contributed by atoms with Crippen LogP contribution in [-0.4, -0.2) is 40.6 Å². The predicted octanol–water partition coefficient (Wildman–Crippen LogP) is 2.54. The molecule has 0 aliphatic carbocycles. The predicted molar refractivity (Wildman–Crippen MR) is 86.9 cm³/mol. The maximum Gasteiger partial charge on any atom is 0.140 e. The molecule has 0 spiro atoms. The summed E-state index contributed by atoms with van der Waals surface area (Å²) in [6, 6.07) is 5.37. The summed E-state index contributed by atoms with van der Waals surface area (Å²) in [5.41, 5.74) is 1.55. The second kappa shape index (κ2) is 9.47. The van der Waals surface area contributed by atoms with Gasteiger partial charge in [0.1, 0.15) is 11.4 Å². The molecule has 0 aromatic heterocycles. The zero-order chi connectivity index (χ0) is 15.7. The summed E-state index contributed by atoms with van der Waals surface area (Å²) in [7, 11) is 0. The first-order valence-electron chi connectivity index (χ1n) is 7.66. The fraction of sp³-hybridized carbons (Fsp3) is 0.625. The molecule has 5 N–H and O–H groups in total. The zero-order valence-corrected chi connectivity index (χ0v) is 13.0. The molecule has 1 rings (SSSR count). The number of aromatic hydroxyl groups is 1. The van der Waals surface area contributed by atoms with Gasteiger partial charge in [-0.25, -0.2) is 0 Å². The van der Waals surface area contributed by atoms with Crippen molar-refractivity contribution in [2.75, 3.05) is 23.7 Å². The zero-order valence-electron chi connectivity index (χ0n) is 13.0. The summed E-state index contributed by atoms with van der Waals surface area (Å²) < 4.78 is 0. The van der Waals surface area contributed by atoms with Crippen molar-refractivity contribution in [2.24, 2.45) is 0 Å². The third-order valence-corrected chi connectivity index (χ3v) is 3.26. The third kappa shape index (κ3) is 7.20. The van der Waals surface area contributed by atoms with Gasteiger partial charge in [-0.3, -0.25) is 0 Å². The van der Waals surface area contributed by atoms with E-state index in [0.717, 1.165) is 37.9 Å². The number of phenols is 1. The van der Waals surface area contributed by atoms with Gasteiger partial charge >= 0.3 is 0 Å². The van der Waals surface area contributed by atoms with Crippen LogP contribution in [0.3, 0.4) is 0 Å². The monoisotopic (exact) mass is 296 g/mol. The topological polar surface area (TPSA) is 84.8 Å². The second-order valence-electron chi connectivity index (χ2n) is 5.54. The molecular formula is C16H28N2O3. The lowest BCUT2D eigenvalue weighted by molar-refractivity contribution is 0.182. The molecule has 0 aliphatic heterocycles. The van der Waals surface area contributed by atoms with Crippen LogP contribution < -0.4 is 10.6 Å². The van der Waals surface area contributed by atoms with Crippen molar-refractivity contribution in [2.45, 2.75) is 51.7 Å². The quantitative estimate of drug-likeness (QED) is 0.338. The molecular weight excluding hydrogens is 268 g/mol. The Kier molecular flexibility index (Phi) is 7.93. The van der Waals surface area contributed by atoms with Crippen molar-refractivity contribution in [3.05, 3.63) is 18.2 Å². The summed E-state index contributed by atoms with van der Waals surface area (Å²) in [5, 5.41) is 34.9. The molecule has 0 amide bonds. The lowest BCUT2D eigenvalue weighted by Gasteiger charge is -2.16. The fourth-order valence-corrected chi connectivity index (χ4v) is 2.10. The van der Waals surface area contributed by atoms with Gasteiger partial charge in [0.25, 0.3) is 0 Å². The van der Waals surface area contributed by atoms with Gasteiger partial charge in [-0.05, 0) is 51.7 Å². The number of hydrogen-bond acceptors (Lipinski definition) is 5. The van der Waals surface area contributed by atoms with E-state index in [1.807, 2.05) is 6.07 Å². The van der Waals surface area contributed by atoms with Crippen LogP contribution in [0.1, 0.15) is 39.5 Å². The Hall–Kier alpha value is -1.46. The van der Waals surface area contributed by atoms with E-state index in [1.54, 1.807) is 26.0 Å². The minimum Gasteiger partial charge on any atom is -0.506 e. The summed E-state index contributed by atoms with van der Waals surface area (Å²) in [6.07, 6.45) is 2.62. The van der Waals surface area contributed by atoms with Crippen LogP contribution in [0.15, 0.2) is 18.2 Å². The van der Waals surface area contributed by atoms with Crippen molar-refractivity contribution >= 4 is 11.4 Å². The first-order valence-corrected chi connectivity index (χ1v) is 7.66. The minimum atomic E-state index is -0.297. The van der Waals surface area contributed by atoms with Crippen molar-refractivity contribution < 1.29 is 15.3 Å². The molecule has 0 bridgehead atoms. The highest BCUT2D eigenvalue weighted by atomic mass is 16.3. The molecule has 2 atom stereocenters. The number of anilines is 2. The van der Waals surface area contributed by atoms with E-state index >= 15 is 0 Å². The number of rotatable bonds is 10. The number of phenolic OH excluding ortho intramolecular Hbond substituents is 1. The number of hydrogen-bond donors (Lipinski definition) is 5. The number of aliphatic hydroxyl groups excluding tert-OH is 2. The maximum atomic E-state index is 9.95. The molecule has 5 nitrogen and oxygen atoms in total. The first-order chi connectivity index (χ1) is 10.0. The average molecular weight is 296 g/mol. The van der Waals surface area contributed by atoms with Crippen LogP contribution >= 0.6 is 0 Å². The van der Waals surface area contributed by atoms with Gasteiger partial charge in [-0.1, -0.05) is 6.07 Å². The molecule has 5 heteroatoms. The van der Waals surface area contributed by atoms with Crippen LogP contribution in [0.5, 0.6) is 5.75 Å². The molecule has 0 fully saturated rings. The van der Waals surface area contributed by atoms with Crippen LogP contribution in [0.25, 0.3) is 0 Å². The molecule has 0 radical (unpaired) electrons. The van der Waals surface area contributed by atoms with E-state index in [2.05, 4.69) is 10.6 Å². The minimum absolute atomic E-state index is 0.215. The highest BCUT2D eigenvalue weighted by Gasteiger charge is 2.07. The Balaban J connectivity index is 2.48. The van der Waals surface area contributed by atoms with Gasteiger partial charge in [-0.15, -0.1) is 0 Å². The number of para-hydroxylation sites is 1. The molecule has 0 saturated carbocycles. The van der Waals surface area contributed by atoms with Crippen molar-refractivity contribution in [1.29, 1.82) is 0 Å². The van der Waals surface area contributed by atoms with Crippen molar-refractivity contribution in [3.8, 4) is 5.75 Å². The van der Waals surface area contributed by atoms with Crippen LogP contribution in [0, 0.1) is 0 Å². The third-order valence-electron chi connectivity index (χ3n) is 3.26. The number of nitrogens with one attached hydrogen (secondary N) is 2. The molecule has 0 saturated heterocycles. The van der Waals surface area contributed by atoms with Crippen molar-refractivity contribution in [3.63, 3.8) is 0 Å². The molecule has 1 aromatic rings. The van der Waals surface area contributed by atoms with E-state index in [4.69, 9.17) is 0 Å². The average Bonchev–Trinajstić information content (AvgIpc) is 2.41.